The Morgan fingerprint density at radius 1 is 1.04 bits per heavy atom. The van der Waals surface area contributed by atoms with Crippen LogP contribution in [0.5, 0.6) is 17.2 Å². The van der Waals surface area contributed by atoms with Gasteiger partial charge in [-0.3, -0.25) is 15.1 Å². The number of benzene rings is 2. The molecular weight excluding hydrogens is 378 g/mol. The molecule has 28 heavy (non-hydrogen) atoms. The van der Waals surface area contributed by atoms with Crippen molar-refractivity contribution in [2.45, 2.75) is 0 Å². The lowest BCUT2D eigenvalue weighted by atomic mass is 10.2. The van der Waals surface area contributed by atoms with Gasteiger partial charge in [0.25, 0.3) is 5.91 Å². The van der Waals surface area contributed by atoms with Crippen molar-refractivity contribution >= 4 is 43.5 Å². The third kappa shape index (κ3) is 3.41. The predicted octanol–water partition coefficient (Wildman–Crippen LogP) is 3.88. The van der Waals surface area contributed by atoms with Gasteiger partial charge >= 0.3 is 0 Å². The average Bonchev–Trinajstić information content (AvgIpc) is 3.14. The van der Waals surface area contributed by atoms with Crippen molar-refractivity contribution < 1.29 is 19.0 Å². The van der Waals surface area contributed by atoms with Crippen LogP contribution in [0.2, 0.25) is 0 Å². The third-order valence-corrected chi connectivity index (χ3v) is 5.02. The minimum absolute atomic E-state index is 0.151. The second-order valence-electron chi connectivity index (χ2n) is 5.83. The van der Waals surface area contributed by atoms with Crippen molar-refractivity contribution in [3.05, 3.63) is 48.7 Å². The van der Waals surface area contributed by atoms with E-state index in [0.717, 1.165) is 21.1 Å². The highest BCUT2D eigenvalue weighted by Crippen LogP contribution is 2.36. The number of anilines is 1. The van der Waals surface area contributed by atoms with Crippen molar-refractivity contribution in [2.24, 2.45) is 0 Å². The van der Waals surface area contributed by atoms with E-state index in [9.17, 15) is 4.79 Å². The van der Waals surface area contributed by atoms with Gasteiger partial charge in [-0.1, -0.05) is 23.5 Å². The van der Waals surface area contributed by atoms with Crippen LogP contribution < -0.4 is 19.5 Å². The fourth-order valence-corrected chi connectivity index (χ4v) is 3.78. The predicted molar refractivity (Wildman–Crippen MR) is 109 cm³/mol. The summed E-state index contributed by atoms with van der Waals surface area (Å²) in [7, 11) is 3.16. The van der Waals surface area contributed by atoms with Crippen molar-refractivity contribution in [3.63, 3.8) is 0 Å². The molecule has 2 aromatic heterocycles. The molecule has 0 aliphatic rings. The molecule has 142 valence electrons. The van der Waals surface area contributed by atoms with Gasteiger partial charge < -0.3 is 14.2 Å². The number of hydrogen-bond acceptors (Lipinski definition) is 7. The second-order valence-corrected chi connectivity index (χ2v) is 6.86. The van der Waals surface area contributed by atoms with Gasteiger partial charge in [-0.15, -0.1) is 0 Å². The summed E-state index contributed by atoms with van der Waals surface area (Å²) in [6, 6.07) is 12.8. The Balaban J connectivity index is 1.55. The van der Waals surface area contributed by atoms with E-state index in [0.29, 0.717) is 22.4 Å². The Morgan fingerprint density at radius 2 is 1.82 bits per heavy atom. The van der Waals surface area contributed by atoms with Crippen LogP contribution in [-0.4, -0.2) is 36.7 Å². The van der Waals surface area contributed by atoms with E-state index in [2.05, 4.69) is 15.3 Å². The number of para-hydroxylation sites is 2. The molecule has 7 nitrogen and oxygen atoms in total. The number of aromatic nitrogens is 2. The first-order valence-electron chi connectivity index (χ1n) is 8.47. The van der Waals surface area contributed by atoms with Crippen LogP contribution >= 0.6 is 11.3 Å². The first kappa shape index (κ1) is 18.0. The van der Waals surface area contributed by atoms with E-state index in [1.54, 1.807) is 32.5 Å². The van der Waals surface area contributed by atoms with Gasteiger partial charge in [-0.2, -0.15) is 0 Å². The summed E-state index contributed by atoms with van der Waals surface area (Å²) >= 11 is 1.37. The minimum atomic E-state index is -0.306. The van der Waals surface area contributed by atoms with Crippen molar-refractivity contribution in [3.8, 4) is 17.2 Å². The molecule has 1 N–H and O–H groups in total. The lowest BCUT2D eigenvalue weighted by Gasteiger charge is -2.09. The largest absolute Gasteiger partial charge is 0.494 e. The van der Waals surface area contributed by atoms with E-state index in [4.69, 9.17) is 14.2 Å². The molecule has 4 rings (SSSR count). The van der Waals surface area contributed by atoms with Crippen LogP contribution in [0, 0.1) is 0 Å². The number of amides is 1. The number of nitrogens with zero attached hydrogens (tertiary/aromatic N) is 2. The molecule has 0 saturated heterocycles. The maximum absolute atomic E-state index is 12.3. The Kier molecular flexibility index (Phi) is 4.94. The number of fused-ring (bicyclic) bond motifs is 3. The van der Waals surface area contributed by atoms with E-state index in [1.807, 2.05) is 30.3 Å². The third-order valence-electron chi connectivity index (χ3n) is 4.11. The van der Waals surface area contributed by atoms with Gasteiger partial charge in [-0.25, -0.2) is 4.98 Å². The molecule has 0 aliphatic heterocycles. The number of pyridine rings is 1. The number of carbonyl (C=O) groups excluding carboxylic acids is 1. The SMILES string of the molecule is COc1ccccc1OCC(=O)Nc1nc2c(cc(OC)c3ncccc32)s1. The molecule has 0 aliphatic carbocycles. The fourth-order valence-electron chi connectivity index (χ4n) is 2.85. The highest BCUT2D eigenvalue weighted by molar-refractivity contribution is 7.22. The summed E-state index contributed by atoms with van der Waals surface area (Å²) in [5.41, 5.74) is 1.51. The van der Waals surface area contributed by atoms with Gasteiger partial charge in [0.05, 0.1) is 24.4 Å². The van der Waals surface area contributed by atoms with E-state index < -0.39 is 0 Å². The lowest BCUT2D eigenvalue weighted by molar-refractivity contribution is -0.118. The van der Waals surface area contributed by atoms with Gasteiger partial charge in [0, 0.05) is 17.6 Å². The Labute approximate surface area is 164 Å². The Morgan fingerprint density at radius 3 is 2.61 bits per heavy atom. The van der Waals surface area contributed by atoms with Gasteiger partial charge in [0.2, 0.25) is 0 Å². The molecule has 2 heterocycles. The number of carbonyl (C=O) groups is 1. The van der Waals surface area contributed by atoms with E-state index >= 15 is 0 Å². The van der Waals surface area contributed by atoms with E-state index in [-0.39, 0.29) is 12.5 Å². The molecule has 0 saturated carbocycles. The number of methoxy groups -OCH3 is 2. The summed E-state index contributed by atoms with van der Waals surface area (Å²) < 4.78 is 17.1. The zero-order valence-corrected chi connectivity index (χ0v) is 16.1. The smallest absolute Gasteiger partial charge is 0.264 e. The molecule has 0 radical (unpaired) electrons. The summed E-state index contributed by atoms with van der Waals surface area (Å²) in [5, 5.41) is 4.14. The maximum Gasteiger partial charge on any atom is 0.264 e. The van der Waals surface area contributed by atoms with E-state index in [1.165, 1.54) is 11.3 Å². The molecular formula is C20H17N3O4S. The highest BCUT2D eigenvalue weighted by atomic mass is 32.1. The maximum atomic E-state index is 12.3. The van der Waals surface area contributed by atoms with Gasteiger partial charge in [0.1, 0.15) is 11.3 Å². The molecule has 2 aromatic carbocycles. The molecule has 8 heteroatoms. The Hall–Kier alpha value is -3.39. The molecule has 0 atom stereocenters. The topological polar surface area (TPSA) is 82.6 Å². The summed E-state index contributed by atoms with van der Waals surface area (Å²) in [6.45, 7) is -0.151. The first-order chi connectivity index (χ1) is 13.7. The van der Waals surface area contributed by atoms with Crippen LogP contribution in [-0.2, 0) is 4.79 Å². The number of hydrogen-bond donors (Lipinski definition) is 1. The number of nitrogens with one attached hydrogen (secondary N) is 1. The van der Waals surface area contributed by atoms with Gasteiger partial charge in [0.15, 0.2) is 23.2 Å². The Bertz CT molecular complexity index is 1160. The molecule has 0 bridgehead atoms. The standard InChI is InChI=1S/C20H17N3O4S/c1-25-13-7-3-4-8-14(13)27-11-17(24)22-20-23-19-12-6-5-9-21-18(12)15(26-2)10-16(19)28-20/h3-10H,11H2,1-2H3,(H,22,23,24). The van der Waals surface area contributed by atoms with Crippen molar-refractivity contribution in [1.82, 2.24) is 9.97 Å². The normalized spacial score (nSPS) is 10.8. The summed E-state index contributed by atoms with van der Waals surface area (Å²) in [5.74, 6) is 1.44. The van der Waals surface area contributed by atoms with Crippen LogP contribution in [0.4, 0.5) is 5.13 Å². The monoisotopic (exact) mass is 395 g/mol. The molecule has 1 amide bonds. The fraction of sp³-hybridized carbons (Fsp3) is 0.150. The van der Waals surface area contributed by atoms with Crippen LogP contribution in [0.15, 0.2) is 48.7 Å². The lowest BCUT2D eigenvalue weighted by Crippen LogP contribution is -2.20. The summed E-state index contributed by atoms with van der Waals surface area (Å²) in [4.78, 5) is 21.2. The average molecular weight is 395 g/mol. The first-order valence-corrected chi connectivity index (χ1v) is 9.29. The highest BCUT2D eigenvalue weighted by Gasteiger charge is 2.15. The van der Waals surface area contributed by atoms with Crippen molar-refractivity contribution in [2.75, 3.05) is 26.1 Å². The minimum Gasteiger partial charge on any atom is -0.494 e. The summed E-state index contributed by atoms with van der Waals surface area (Å²) in [6.07, 6.45) is 1.71. The van der Waals surface area contributed by atoms with Crippen LogP contribution in [0.1, 0.15) is 0 Å². The molecule has 0 fully saturated rings. The van der Waals surface area contributed by atoms with Crippen LogP contribution in [0.3, 0.4) is 0 Å². The van der Waals surface area contributed by atoms with Gasteiger partial charge in [-0.05, 0) is 24.3 Å². The zero-order chi connectivity index (χ0) is 19.5. The second kappa shape index (κ2) is 7.69. The zero-order valence-electron chi connectivity index (χ0n) is 15.3. The number of thiazole rings is 1. The number of ether oxygens (including phenoxy) is 3. The van der Waals surface area contributed by atoms with Crippen molar-refractivity contribution in [1.29, 1.82) is 0 Å². The quantitative estimate of drug-likeness (QED) is 0.534. The molecule has 0 unspecified atom stereocenters. The molecule has 4 aromatic rings. The molecule has 0 spiro atoms. The van der Waals surface area contributed by atoms with Crippen LogP contribution in [0.25, 0.3) is 21.1 Å². The number of rotatable bonds is 6.